The number of guanidine groups is 1. The highest BCUT2D eigenvalue weighted by atomic mass is 127. The van der Waals surface area contributed by atoms with Gasteiger partial charge >= 0.3 is 0 Å². The minimum absolute atomic E-state index is 0. The molecule has 2 N–H and O–H groups in total. The number of nitrogens with one attached hydrogen (secondary N) is 2. The Morgan fingerprint density at radius 1 is 1.08 bits per heavy atom. The summed E-state index contributed by atoms with van der Waals surface area (Å²) in [6.45, 7) is 9.28. The highest BCUT2D eigenvalue weighted by Gasteiger charge is 2.05. The van der Waals surface area contributed by atoms with Gasteiger partial charge < -0.3 is 25.0 Å². The molecule has 0 fully saturated rings. The molecule has 1 aromatic carbocycles. The summed E-state index contributed by atoms with van der Waals surface area (Å²) in [6, 6.07) is 5.90. The molecule has 25 heavy (non-hydrogen) atoms. The first-order valence-electron chi connectivity index (χ1n) is 8.56. The van der Waals surface area contributed by atoms with E-state index in [4.69, 9.17) is 9.47 Å². The first-order valence-corrected chi connectivity index (χ1v) is 8.56. The van der Waals surface area contributed by atoms with E-state index in [1.54, 1.807) is 21.3 Å². The molecule has 0 radical (unpaired) electrons. The van der Waals surface area contributed by atoms with E-state index < -0.39 is 0 Å². The average molecular weight is 464 g/mol. The van der Waals surface area contributed by atoms with Gasteiger partial charge in [-0.3, -0.25) is 4.99 Å². The number of benzene rings is 1. The van der Waals surface area contributed by atoms with E-state index in [1.165, 1.54) is 0 Å². The number of methoxy groups -OCH3 is 2. The summed E-state index contributed by atoms with van der Waals surface area (Å²) >= 11 is 0. The topological polar surface area (TPSA) is 58.1 Å². The quantitative estimate of drug-likeness (QED) is 0.242. The first kappa shape index (κ1) is 23.8. The Morgan fingerprint density at radius 2 is 1.76 bits per heavy atom. The smallest absolute Gasteiger partial charge is 0.191 e. The second-order valence-corrected chi connectivity index (χ2v) is 5.42. The van der Waals surface area contributed by atoms with Gasteiger partial charge in [-0.15, -0.1) is 24.0 Å². The van der Waals surface area contributed by atoms with Gasteiger partial charge in [0.15, 0.2) is 17.5 Å². The molecule has 6 nitrogen and oxygen atoms in total. The molecule has 0 aliphatic carbocycles. The molecular weight excluding hydrogens is 431 g/mol. The molecule has 0 atom stereocenters. The maximum absolute atomic E-state index is 5.33. The summed E-state index contributed by atoms with van der Waals surface area (Å²) in [5.74, 6) is 2.28. The maximum Gasteiger partial charge on any atom is 0.191 e. The zero-order valence-electron chi connectivity index (χ0n) is 16.1. The first-order chi connectivity index (χ1) is 11.7. The van der Waals surface area contributed by atoms with Crippen molar-refractivity contribution in [2.45, 2.75) is 26.8 Å². The van der Waals surface area contributed by atoms with Crippen LogP contribution in [0.2, 0.25) is 0 Å². The third-order valence-electron chi connectivity index (χ3n) is 3.97. The van der Waals surface area contributed by atoms with Crippen LogP contribution in [-0.2, 0) is 6.54 Å². The summed E-state index contributed by atoms with van der Waals surface area (Å²) in [5, 5.41) is 6.67. The minimum atomic E-state index is 0. The normalized spacial score (nSPS) is 11.0. The molecule has 1 rings (SSSR count). The molecular formula is C18H33IN4O2. The predicted octanol–water partition coefficient (Wildman–Crippen LogP) is 2.72. The van der Waals surface area contributed by atoms with Crippen LogP contribution in [0.3, 0.4) is 0 Å². The van der Waals surface area contributed by atoms with E-state index >= 15 is 0 Å². The molecule has 0 unspecified atom stereocenters. The third-order valence-corrected chi connectivity index (χ3v) is 3.97. The molecule has 0 saturated heterocycles. The van der Waals surface area contributed by atoms with Gasteiger partial charge in [-0.05, 0) is 43.8 Å². The van der Waals surface area contributed by atoms with Crippen molar-refractivity contribution in [3.63, 3.8) is 0 Å². The van der Waals surface area contributed by atoms with Gasteiger partial charge in [0.1, 0.15) is 0 Å². The molecule has 0 bridgehead atoms. The number of hydrogen-bond acceptors (Lipinski definition) is 4. The van der Waals surface area contributed by atoms with Crippen LogP contribution in [0.5, 0.6) is 11.5 Å². The van der Waals surface area contributed by atoms with Gasteiger partial charge in [0.05, 0.1) is 14.2 Å². The fourth-order valence-corrected chi connectivity index (χ4v) is 2.45. The zero-order valence-corrected chi connectivity index (χ0v) is 18.4. The molecule has 144 valence electrons. The van der Waals surface area contributed by atoms with Crippen molar-refractivity contribution >= 4 is 29.9 Å². The molecule has 0 saturated carbocycles. The average Bonchev–Trinajstić information content (AvgIpc) is 2.63. The van der Waals surface area contributed by atoms with E-state index in [9.17, 15) is 0 Å². The Hall–Kier alpha value is -1.22. The molecule has 0 aromatic heterocycles. The SMILES string of the molecule is CCN(CC)CCCNC(=NC)NCc1ccc(OC)c(OC)c1.I. The third kappa shape index (κ3) is 8.62. The minimum Gasteiger partial charge on any atom is -0.493 e. The highest BCUT2D eigenvalue weighted by Crippen LogP contribution is 2.27. The Balaban J connectivity index is 0.00000576. The van der Waals surface area contributed by atoms with Crippen molar-refractivity contribution in [3.8, 4) is 11.5 Å². The number of ether oxygens (including phenoxy) is 2. The van der Waals surface area contributed by atoms with Crippen LogP contribution in [-0.4, -0.2) is 58.3 Å². The van der Waals surface area contributed by atoms with Crippen molar-refractivity contribution in [3.05, 3.63) is 23.8 Å². The van der Waals surface area contributed by atoms with E-state index in [2.05, 4.69) is 34.4 Å². The van der Waals surface area contributed by atoms with E-state index in [1.807, 2.05) is 18.2 Å². The highest BCUT2D eigenvalue weighted by molar-refractivity contribution is 14.0. The number of rotatable bonds is 10. The second-order valence-electron chi connectivity index (χ2n) is 5.42. The lowest BCUT2D eigenvalue weighted by Crippen LogP contribution is -2.38. The van der Waals surface area contributed by atoms with Gasteiger partial charge in [0.2, 0.25) is 0 Å². The summed E-state index contributed by atoms with van der Waals surface area (Å²) in [4.78, 5) is 6.68. The predicted molar refractivity (Wildman–Crippen MR) is 116 cm³/mol. The lowest BCUT2D eigenvalue weighted by molar-refractivity contribution is 0.300. The molecule has 0 heterocycles. The molecule has 1 aromatic rings. The summed E-state index contributed by atoms with van der Waals surface area (Å²) < 4.78 is 10.6. The van der Waals surface area contributed by atoms with Crippen LogP contribution in [0, 0.1) is 0 Å². The summed E-state index contributed by atoms with van der Waals surface area (Å²) in [5.41, 5.74) is 1.11. The monoisotopic (exact) mass is 464 g/mol. The molecule has 0 spiro atoms. The van der Waals surface area contributed by atoms with E-state index in [0.717, 1.165) is 55.6 Å². The summed E-state index contributed by atoms with van der Waals surface area (Å²) in [7, 11) is 5.07. The van der Waals surface area contributed by atoms with Crippen molar-refractivity contribution in [2.75, 3.05) is 47.4 Å². The Kier molecular flexibility index (Phi) is 13.3. The lowest BCUT2D eigenvalue weighted by atomic mass is 10.2. The molecule has 7 heteroatoms. The van der Waals surface area contributed by atoms with Crippen molar-refractivity contribution in [1.82, 2.24) is 15.5 Å². The zero-order chi connectivity index (χ0) is 17.8. The van der Waals surface area contributed by atoms with Gasteiger partial charge in [-0.2, -0.15) is 0 Å². The standard InChI is InChI=1S/C18H32N4O2.HI/c1-6-22(7-2)12-8-11-20-18(19-3)21-14-15-9-10-16(23-4)17(13-15)24-5;/h9-10,13H,6-8,11-12,14H2,1-5H3,(H2,19,20,21);1H. The largest absolute Gasteiger partial charge is 0.493 e. The van der Waals surface area contributed by atoms with Crippen LogP contribution in [0.25, 0.3) is 0 Å². The van der Waals surface area contributed by atoms with Gasteiger partial charge in [-0.25, -0.2) is 0 Å². The second kappa shape index (κ2) is 14.0. The van der Waals surface area contributed by atoms with Crippen LogP contribution in [0.15, 0.2) is 23.2 Å². The lowest BCUT2D eigenvalue weighted by Gasteiger charge is -2.18. The van der Waals surface area contributed by atoms with Gasteiger partial charge in [0, 0.05) is 20.1 Å². The van der Waals surface area contributed by atoms with Gasteiger partial charge in [-0.1, -0.05) is 19.9 Å². The van der Waals surface area contributed by atoms with Crippen LogP contribution >= 0.6 is 24.0 Å². The van der Waals surface area contributed by atoms with Crippen LogP contribution in [0.4, 0.5) is 0 Å². The van der Waals surface area contributed by atoms with Crippen molar-refractivity contribution in [2.24, 2.45) is 4.99 Å². The van der Waals surface area contributed by atoms with E-state index in [-0.39, 0.29) is 24.0 Å². The maximum atomic E-state index is 5.33. The van der Waals surface area contributed by atoms with E-state index in [0.29, 0.717) is 6.54 Å². The fourth-order valence-electron chi connectivity index (χ4n) is 2.45. The number of aliphatic imine (C=N–C) groups is 1. The number of hydrogen-bond donors (Lipinski definition) is 2. The summed E-state index contributed by atoms with van der Waals surface area (Å²) in [6.07, 6.45) is 1.10. The van der Waals surface area contributed by atoms with Crippen LogP contribution in [0.1, 0.15) is 25.8 Å². The fraction of sp³-hybridized carbons (Fsp3) is 0.611. The molecule has 0 aliphatic heterocycles. The number of halogens is 1. The van der Waals surface area contributed by atoms with Crippen molar-refractivity contribution in [1.29, 1.82) is 0 Å². The molecule has 0 amide bonds. The molecule has 0 aliphatic rings. The Bertz CT molecular complexity index is 508. The Morgan fingerprint density at radius 3 is 2.32 bits per heavy atom. The van der Waals surface area contributed by atoms with Crippen LogP contribution < -0.4 is 20.1 Å². The van der Waals surface area contributed by atoms with Crippen molar-refractivity contribution < 1.29 is 9.47 Å². The Labute approximate surface area is 169 Å². The van der Waals surface area contributed by atoms with Gasteiger partial charge in [0.25, 0.3) is 0 Å². The number of nitrogens with zero attached hydrogens (tertiary/aromatic N) is 2.